The van der Waals surface area contributed by atoms with E-state index >= 15 is 0 Å². The first kappa shape index (κ1) is 18.2. The number of hydrogen-bond acceptors (Lipinski definition) is 2. The van der Waals surface area contributed by atoms with Gasteiger partial charge >= 0.3 is 6.09 Å². The Labute approximate surface area is 162 Å². The number of amides is 1. The smallest absolute Gasteiger partial charge is 0.407 e. The molecule has 3 rings (SSSR count). The van der Waals surface area contributed by atoms with E-state index in [0.29, 0.717) is 6.54 Å². The zero-order valence-electron chi connectivity index (χ0n) is 14.5. The van der Waals surface area contributed by atoms with Gasteiger partial charge in [-0.15, -0.1) is 0 Å². The Hall–Kier alpha value is -1.57. The molecule has 2 heterocycles. The van der Waals surface area contributed by atoms with Crippen LogP contribution in [0.3, 0.4) is 0 Å². The van der Waals surface area contributed by atoms with Crippen molar-refractivity contribution in [3.63, 3.8) is 0 Å². The lowest BCUT2D eigenvalue weighted by molar-refractivity contribution is 0.139. The lowest BCUT2D eigenvalue weighted by Gasteiger charge is -2.19. The number of imidazole rings is 1. The zero-order valence-corrected chi connectivity index (χ0v) is 16.6. The summed E-state index contributed by atoms with van der Waals surface area (Å²) in [5, 5.41) is 9.32. The molecule has 1 aliphatic heterocycles. The van der Waals surface area contributed by atoms with Gasteiger partial charge in [-0.05, 0) is 71.5 Å². The fourth-order valence-electron chi connectivity index (χ4n) is 3.43. The van der Waals surface area contributed by atoms with Crippen molar-refractivity contribution in [2.45, 2.75) is 51.5 Å². The van der Waals surface area contributed by atoms with Gasteiger partial charge in [0.05, 0.1) is 17.9 Å². The van der Waals surface area contributed by atoms with Crippen LogP contribution in [0, 0.1) is 3.57 Å². The number of unbranched alkanes of at least 4 members (excludes halogenated alkanes) is 2. The normalized spacial score (nSPS) is 17.2. The summed E-state index contributed by atoms with van der Waals surface area (Å²) >= 11 is 2.40. The maximum absolute atomic E-state index is 11.4. The van der Waals surface area contributed by atoms with Gasteiger partial charge in [0.1, 0.15) is 5.82 Å². The third-order valence-electron chi connectivity index (χ3n) is 4.82. The summed E-state index contributed by atoms with van der Waals surface area (Å²) in [7, 11) is 0. The molecule has 0 spiro atoms. The van der Waals surface area contributed by atoms with Gasteiger partial charge in [0, 0.05) is 10.1 Å². The number of nitrogens with zero attached hydrogens (tertiary/aromatic N) is 2. The number of likely N-dealkylation sites (tertiary alicyclic amines) is 1. The Balaban J connectivity index is 1.80. The number of H-pyrrole nitrogens is 1. The number of nitrogens with one attached hydrogen (secondary N) is 1. The SMILES string of the molecule is CCCCCc1cc(-c2cnc(C3CCCN3C(=O)O)[nH]2)ccc1I. The molecule has 1 aliphatic rings. The van der Waals surface area contributed by atoms with Gasteiger partial charge in [0.2, 0.25) is 0 Å². The van der Waals surface area contributed by atoms with Crippen LogP contribution >= 0.6 is 22.6 Å². The van der Waals surface area contributed by atoms with Crippen molar-refractivity contribution in [2.24, 2.45) is 0 Å². The van der Waals surface area contributed by atoms with E-state index in [4.69, 9.17) is 0 Å². The number of hydrogen-bond donors (Lipinski definition) is 2. The van der Waals surface area contributed by atoms with Crippen molar-refractivity contribution in [3.8, 4) is 11.3 Å². The third-order valence-corrected chi connectivity index (χ3v) is 5.87. The Morgan fingerprint density at radius 2 is 2.28 bits per heavy atom. The van der Waals surface area contributed by atoms with Crippen LogP contribution < -0.4 is 0 Å². The first-order valence-electron chi connectivity index (χ1n) is 8.93. The zero-order chi connectivity index (χ0) is 17.8. The van der Waals surface area contributed by atoms with E-state index in [2.05, 4.69) is 57.7 Å². The molecular weight excluding hydrogens is 429 g/mol. The number of aryl methyl sites for hydroxylation is 1. The Bertz CT molecular complexity index is 744. The van der Waals surface area contributed by atoms with Crippen LogP contribution in [0.4, 0.5) is 4.79 Å². The van der Waals surface area contributed by atoms with Crippen LogP contribution in [-0.2, 0) is 6.42 Å². The van der Waals surface area contributed by atoms with Crippen LogP contribution in [0.2, 0.25) is 0 Å². The predicted molar refractivity (Wildman–Crippen MR) is 107 cm³/mol. The molecule has 134 valence electrons. The summed E-state index contributed by atoms with van der Waals surface area (Å²) in [6, 6.07) is 6.33. The van der Waals surface area contributed by atoms with Crippen molar-refractivity contribution in [2.75, 3.05) is 6.54 Å². The molecule has 1 fully saturated rings. The van der Waals surface area contributed by atoms with Crippen molar-refractivity contribution in [1.29, 1.82) is 0 Å². The molecule has 6 heteroatoms. The first-order valence-corrected chi connectivity index (χ1v) is 10.0. The lowest BCUT2D eigenvalue weighted by atomic mass is 10.0. The summed E-state index contributed by atoms with van der Waals surface area (Å²) in [4.78, 5) is 20.7. The molecular formula is C19H24IN3O2. The van der Waals surface area contributed by atoms with Crippen molar-refractivity contribution in [1.82, 2.24) is 14.9 Å². The quantitative estimate of drug-likeness (QED) is 0.465. The summed E-state index contributed by atoms with van der Waals surface area (Å²) in [5.74, 6) is 0.751. The standard InChI is InChI=1S/C19H24IN3O2/c1-2-3-4-6-13-11-14(8-9-15(13)20)16-12-21-18(22-16)17-7-5-10-23(17)19(24)25/h8-9,11-12,17H,2-7,10H2,1H3,(H,21,22)(H,24,25). The van der Waals surface area contributed by atoms with E-state index in [0.717, 1.165) is 36.3 Å². The number of carboxylic acid groups (broad SMARTS) is 1. The molecule has 0 bridgehead atoms. The van der Waals surface area contributed by atoms with E-state index < -0.39 is 6.09 Å². The largest absolute Gasteiger partial charge is 0.465 e. The summed E-state index contributed by atoms with van der Waals surface area (Å²) in [5.41, 5.74) is 3.45. The number of benzene rings is 1. The van der Waals surface area contributed by atoms with Crippen LogP contribution in [0.15, 0.2) is 24.4 Å². The highest BCUT2D eigenvalue weighted by molar-refractivity contribution is 14.1. The number of rotatable bonds is 6. The Morgan fingerprint density at radius 1 is 1.44 bits per heavy atom. The van der Waals surface area contributed by atoms with Crippen molar-refractivity contribution in [3.05, 3.63) is 39.4 Å². The molecule has 2 N–H and O–H groups in total. The van der Waals surface area contributed by atoms with E-state index in [1.807, 2.05) is 6.20 Å². The van der Waals surface area contributed by atoms with Crippen molar-refractivity contribution >= 4 is 28.7 Å². The lowest BCUT2D eigenvalue weighted by Crippen LogP contribution is -2.29. The minimum atomic E-state index is -0.868. The molecule has 0 aliphatic carbocycles. The summed E-state index contributed by atoms with van der Waals surface area (Å²) in [6.45, 7) is 2.80. The van der Waals surface area contributed by atoms with Crippen LogP contribution in [-0.4, -0.2) is 32.6 Å². The van der Waals surface area contributed by atoms with Crippen LogP contribution in [0.1, 0.15) is 56.5 Å². The number of halogens is 1. The predicted octanol–water partition coefficient (Wildman–Crippen LogP) is 5.23. The van der Waals surface area contributed by atoms with Gasteiger partial charge in [-0.1, -0.05) is 25.8 Å². The highest BCUT2D eigenvalue weighted by Crippen LogP contribution is 2.32. The molecule has 2 aromatic rings. The van der Waals surface area contributed by atoms with Gasteiger partial charge in [0.25, 0.3) is 0 Å². The monoisotopic (exact) mass is 453 g/mol. The van der Waals surface area contributed by atoms with Gasteiger partial charge in [0.15, 0.2) is 0 Å². The van der Waals surface area contributed by atoms with Gasteiger partial charge < -0.3 is 10.1 Å². The fourth-order valence-corrected chi connectivity index (χ4v) is 4.04. The highest BCUT2D eigenvalue weighted by atomic mass is 127. The van der Waals surface area contributed by atoms with E-state index in [-0.39, 0.29) is 6.04 Å². The number of aromatic amines is 1. The topological polar surface area (TPSA) is 69.2 Å². The maximum Gasteiger partial charge on any atom is 0.407 e. The molecule has 1 saturated heterocycles. The summed E-state index contributed by atoms with van der Waals surface area (Å²) < 4.78 is 1.30. The van der Waals surface area contributed by atoms with Crippen molar-refractivity contribution < 1.29 is 9.90 Å². The van der Waals surface area contributed by atoms with E-state index in [9.17, 15) is 9.90 Å². The molecule has 0 saturated carbocycles. The van der Waals surface area contributed by atoms with E-state index in [1.165, 1.54) is 33.3 Å². The average molecular weight is 453 g/mol. The van der Waals surface area contributed by atoms with Crippen LogP contribution in [0.25, 0.3) is 11.3 Å². The fraction of sp³-hybridized carbons (Fsp3) is 0.474. The highest BCUT2D eigenvalue weighted by Gasteiger charge is 2.31. The van der Waals surface area contributed by atoms with Gasteiger partial charge in [-0.2, -0.15) is 0 Å². The summed E-state index contributed by atoms with van der Waals surface area (Å²) in [6.07, 6.45) is 7.45. The maximum atomic E-state index is 11.4. The van der Waals surface area contributed by atoms with Gasteiger partial charge in [-0.25, -0.2) is 9.78 Å². The van der Waals surface area contributed by atoms with Gasteiger partial charge in [-0.3, -0.25) is 4.90 Å². The molecule has 0 radical (unpaired) electrons. The third kappa shape index (κ3) is 4.16. The van der Waals surface area contributed by atoms with Crippen LogP contribution in [0.5, 0.6) is 0 Å². The molecule has 1 aromatic carbocycles. The second-order valence-corrected chi connectivity index (χ2v) is 7.74. The Morgan fingerprint density at radius 3 is 3.04 bits per heavy atom. The average Bonchev–Trinajstić information content (AvgIpc) is 3.25. The minimum Gasteiger partial charge on any atom is -0.465 e. The Kier molecular flexibility index (Phi) is 5.98. The second kappa shape index (κ2) is 8.21. The second-order valence-electron chi connectivity index (χ2n) is 6.58. The number of carbonyl (C=O) groups is 1. The molecule has 1 aromatic heterocycles. The molecule has 25 heavy (non-hydrogen) atoms. The molecule has 1 unspecified atom stereocenters. The molecule has 5 nitrogen and oxygen atoms in total. The first-order chi connectivity index (χ1) is 12.1. The van der Waals surface area contributed by atoms with E-state index in [1.54, 1.807) is 0 Å². The number of aromatic nitrogens is 2. The minimum absolute atomic E-state index is 0.154. The molecule has 1 amide bonds. The molecule has 1 atom stereocenters.